The lowest BCUT2D eigenvalue weighted by Gasteiger charge is -2.19. The predicted octanol–water partition coefficient (Wildman–Crippen LogP) is 2.49. The minimum absolute atomic E-state index is 0.107. The van der Waals surface area contributed by atoms with Crippen LogP contribution in [0.5, 0.6) is 17.4 Å². The van der Waals surface area contributed by atoms with Crippen molar-refractivity contribution >= 4 is 11.7 Å². The number of benzene rings is 1. The Kier molecular flexibility index (Phi) is 5.40. The molecule has 8 nitrogen and oxygen atoms in total. The van der Waals surface area contributed by atoms with E-state index in [9.17, 15) is 4.79 Å². The zero-order chi connectivity index (χ0) is 18.5. The minimum atomic E-state index is -0.211. The van der Waals surface area contributed by atoms with Crippen molar-refractivity contribution < 1.29 is 19.0 Å². The average Bonchev–Trinajstić information content (AvgIpc) is 3.12. The number of nitrogens with zero attached hydrogens (tertiary/aromatic N) is 3. The summed E-state index contributed by atoms with van der Waals surface area (Å²) in [5.74, 6) is 1.52. The van der Waals surface area contributed by atoms with Crippen LogP contribution in [0.4, 0.5) is 10.5 Å². The Morgan fingerprint density at radius 2 is 2.04 bits per heavy atom. The van der Waals surface area contributed by atoms with Gasteiger partial charge in [-0.15, -0.1) is 5.10 Å². The van der Waals surface area contributed by atoms with Gasteiger partial charge in [-0.2, -0.15) is 5.10 Å². The summed E-state index contributed by atoms with van der Waals surface area (Å²) in [4.78, 5) is 14.3. The normalized spacial score (nSPS) is 16.3. The number of ether oxygens (including phenoxy) is 3. The summed E-state index contributed by atoms with van der Waals surface area (Å²) in [6.07, 6.45) is 0.628. The van der Waals surface area contributed by atoms with Gasteiger partial charge in [0.1, 0.15) is 6.10 Å². The van der Waals surface area contributed by atoms with Gasteiger partial charge in [0.15, 0.2) is 11.5 Å². The fourth-order valence-corrected chi connectivity index (χ4v) is 2.81. The van der Waals surface area contributed by atoms with Gasteiger partial charge in [0.2, 0.25) is 5.88 Å². The molecule has 2 heterocycles. The van der Waals surface area contributed by atoms with E-state index in [0.717, 1.165) is 12.1 Å². The molecule has 0 radical (unpaired) electrons. The molecule has 0 bridgehead atoms. The van der Waals surface area contributed by atoms with Crippen LogP contribution < -0.4 is 19.5 Å². The molecule has 1 N–H and O–H groups in total. The van der Waals surface area contributed by atoms with Crippen molar-refractivity contribution in [3.63, 3.8) is 0 Å². The minimum Gasteiger partial charge on any atom is -0.493 e. The number of hydrogen-bond donors (Lipinski definition) is 1. The molecule has 1 unspecified atom stereocenters. The first-order chi connectivity index (χ1) is 12.6. The van der Waals surface area contributed by atoms with Crippen LogP contribution in [0, 0.1) is 6.92 Å². The van der Waals surface area contributed by atoms with Crippen LogP contribution in [0.1, 0.15) is 12.1 Å². The molecule has 8 heteroatoms. The monoisotopic (exact) mass is 358 g/mol. The van der Waals surface area contributed by atoms with Crippen molar-refractivity contribution in [2.45, 2.75) is 19.4 Å². The molecule has 0 aliphatic carbocycles. The summed E-state index contributed by atoms with van der Waals surface area (Å²) >= 11 is 0. The second kappa shape index (κ2) is 7.90. The van der Waals surface area contributed by atoms with E-state index < -0.39 is 0 Å². The number of urea groups is 1. The number of para-hydroxylation sites is 1. The number of rotatable bonds is 5. The third-order valence-corrected chi connectivity index (χ3v) is 4.14. The van der Waals surface area contributed by atoms with E-state index in [-0.39, 0.29) is 12.1 Å². The summed E-state index contributed by atoms with van der Waals surface area (Å²) in [7, 11) is 3.09. The largest absolute Gasteiger partial charge is 0.493 e. The number of methoxy groups -OCH3 is 2. The fraction of sp³-hybridized carbons (Fsp3) is 0.389. The first-order valence-electron chi connectivity index (χ1n) is 8.34. The third kappa shape index (κ3) is 3.96. The molecular formula is C18H22N4O4. The van der Waals surface area contributed by atoms with Gasteiger partial charge in [-0.3, -0.25) is 0 Å². The van der Waals surface area contributed by atoms with Crippen molar-refractivity contribution in [1.82, 2.24) is 15.1 Å². The lowest BCUT2D eigenvalue weighted by Crippen LogP contribution is -2.34. The van der Waals surface area contributed by atoms with E-state index in [1.165, 1.54) is 7.11 Å². The number of anilines is 1. The zero-order valence-corrected chi connectivity index (χ0v) is 15.1. The number of hydrogen-bond acceptors (Lipinski definition) is 6. The van der Waals surface area contributed by atoms with Crippen LogP contribution in [0.15, 0.2) is 30.3 Å². The molecule has 2 amide bonds. The highest BCUT2D eigenvalue weighted by Crippen LogP contribution is 2.35. The lowest BCUT2D eigenvalue weighted by atomic mass is 10.2. The van der Waals surface area contributed by atoms with E-state index in [0.29, 0.717) is 36.2 Å². The van der Waals surface area contributed by atoms with Gasteiger partial charge in [0.25, 0.3) is 0 Å². The summed E-state index contributed by atoms with van der Waals surface area (Å²) < 4.78 is 16.4. The number of nitrogens with one attached hydrogen (secondary N) is 1. The molecule has 2 aromatic rings. The van der Waals surface area contributed by atoms with Gasteiger partial charge in [0.05, 0.1) is 32.1 Å². The molecule has 1 saturated heterocycles. The standard InChI is InChI=1S/C18H22N4O4/c1-12-7-8-16(21-20-12)26-13-9-10-22(11-13)18(23)19-14-5-4-6-15(24-2)17(14)25-3/h4-8,13H,9-11H2,1-3H3,(H,19,23). The molecule has 1 atom stereocenters. The van der Waals surface area contributed by atoms with Gasteiger partial charge in [-0.05, 0) is 25.1 Å². The van der Waals surface area contributed by atoms with Crippen molar-refractivity contribution in [2.24, 2.45) is 0 Å². The second-order valence-electron chi connectivity index (χ2n) is 5.96. The number of likely N-dealkylation sites (tertiary alicyclic amines) is 1. The third-order valence-electron chi connectivity index (χ3n) is 4.14. The number of aryl methyl sites for hydroxylation is 1. The maximum atomic E-state index is 12.6. The Hall–Kier alpha value is -3.03. The van der Waals surface area contributed by atoms with Crippen molar-refractivity contribution in [3.8, 4) is 17.4 Å². The fourth-order valence-electron chi connectivity index (χ4n) is 2.81. The second-order valence-corrected chi connectivity index (χ2v) is 5.96. The number of carbonyl (C=O) groups is 1. The van der Waals surface area contributed by atoms with Gasteiger partial charge >= 0.3 is 6.03 Å². The molecule has 0 spiro atoms. The SMILES string of the molecule is COc1cccc(NC(=O)N2CCC(Oc3ccc(C)nn3)C2)c1OC. The van der Waals surface area contributed by atoms with E-state index >= 15 is 0 Å². The Balaban J connectivity index is 1.60. The summed E-state index contributed by atoms with van der Waals surface area (Å²) in [5.41, 5.74) is 1.39. The van der Waals surface area contributed by atoms with Crippen LogP contribution in [0.25, 0.3) is 0 Å². The van der Waals surface area contributed by atoms with E-state index in [2.05, 4.69) is 15.5 Å². The zero-order valence-electron chi connectivity index (χ0n) is 15.1. The molecule has 1 aliphatic heterocycles. The number of amides is 2. The van der Waals surface area contributed by atoms with E-state index in [4.69, 9.17) is 14.2 Å². The Morgan fingerprint density at radius 3 is 2.73 bits per heavy atom. The van der Waals surface area contributed by atoms with Gasteiger partial charge < -0.3 is 24.4 Å². The van der Waals surface area contributed by atoms with Crippen LogP contribution >= 0.6 is 0 Å². The van der Waals surface area contributed by atoms with E-state index in [1.54, 1.807) is 36.3 Å². The Bertz CT molecular complexity index is 766. The summed E-state index contributed by atoms with van der Waals surface area (Å²) in [6.45, 7) is 2.95. The topological polar surface area (TPSA) is 85.8 Å². The molecule has 1 aromatic carbocycles. The Morgan fingerprint density at radius 1 is 1.19 bits per heavy atom. The molecule has 3 rings (SSSR count). The van der Waals surface area contributed by atoms with Crippen LogP contribution in [0.3, 0.4) is 0 Å². The molecule has 138 valence electrons. The maximum Gasteiger partial charge on any atom is 0.322 e. The molecule has 1 fully saturated rings. The molecule has 26 heavy (non-hydrogen) atoms. The van der Waals surface area contributed by atoms with Crippen LogP contribution in [-0.4, -0.2) is 54.5 Å². The quantitative estimate of drug-likeness (QED) is 0.884. The van der Waals surface area contributed by atoms with Gasteiger partial charge in [-0.25, -0.2) is 4.79 Å². The predicted molar refractivity (Wildman–Crippen MR) is 95.9 cm³/mol. The summed E-state index contributed by atoms with van der Waals surface area (Å²) in [5, 5.41) is 10.8. The first-order valence-corrected chi connectivity index (χ1v) is 8.34. The van der Waals surface area contributed by atoms with Crippen molar-refractivity contribution in [2.75, 3.05) is 32.6 Å². The van der Waals surface area contributed by atoms with Gasteiger partial charge in [-0.1, -0.05) is 6.07 Å². The van der Waals surface area contributed by atoms with Crippen LogP contribution in [-0.2, 0) is 0 Å². The molecular weight excluding hydrogens is 336 g/mol. The molecule has 1 aromatic heterocycles. The molecule has 1 aliphatic rings. The van der Waals surface area contributed by atoms with E-state index in [1.807, 2.05) is 13.0 Å². The van der Waals surface area contributed by atoms with Crippen molar-refractivity contribution in [3.05, 3.63) is 36.0 Å². The lowest BCUT2D eigenvalue weighted by molar-refractivity contribution is 0.188. The number of aromatic nitrogens is 2. The smallest absolute Gasteiger partial charge is 0.322 e. The highest BCUT2D eigenvalue weighted by molar-refractivity contribution is 5.91. The highest BCUT2D eigenvalue weighted by atomic mass is 16.5. The highest BCUT2D eigenvalue weighted by Gasteiger charge is 2.28. The summed E-state index contributed by atoms with van der Waals surface area (Å²) in [6, 6.07) is 8.76. The van der Waals surface area contributed by atoms with Gasteiger partial charge in [0, 0.05) is 19.0 Å². The average molecular weight is 358 g/mol. The first kappa shape index (κ1) is 17.8. The number of carbonyl (C=O) groups excluding carboxylic acids is 1. The van der Waals surface area contributed by atoms with Crippen LogP contribution in [0.2, 0.25) is 0 Å². The molecule has 0 saturated carbocycles. The Labute approximate surface area is 152 Å². The maximum absolute atomic E-state index is 12.6. The van der Waals surface area contributed by atoms with Crippen molar-refractivity contribution in [1.29, 1.82) is 0 Å².